The first-order valence-electron chi connectivity index (χ1n) is 4.84. The molecule has 0 aromatic carbocycles. The van der Waals surface area contributed by atoms with Crippen LogP contribution in [0.3, 0.4) is 0 Å². The molecule has 0 saturated carbocycles. The monoisotopic (exact) mass is 202 g/mol. The Bertz CT molecular complexity index is 528. The summed E-state index contributed by atoms with van der Waals surface area (Å²) in [5, 5.41) is 8.06. The minimum atomic E-state index is 0.254. The Morgan fingerprint density at radius 1 is 1.40 bits per heavy atom. The van der Waals surface area contributed by atoms with Crippen LogP contribution in [0.1, 0.15) is 18.9 Å². The molecule has 6 heteroatoms. The van der Waals surface area contributed by atoms with E-state index in [1.54, 1.807) is 4.68 Å². The van der Waals surface area contributed by atoms with Crippen molar-refractivity contribution in [1.29, 1.82) is 0 Å². The Balaban J connectivity index is 2.19. The molecule has 15 heavy (non-hydrogen) atoms. The molecule has 0 spiro atoms. The smallest absolute Gasteiger partial charge is 0.184 e. The Morgan fingerprint density at radius 2 is 2.33 bits per heavy atom. The van der Waals surface area contributed by atoms with Gasteiger partial charge in [0.15, 0.2) is 17.0 Å². The van der Waals surface area contributed by atoms with Gasteiger partial charge in [0.2, 0.25) is 0 Å². The largest absolute Gasteiger partial charge is 0.382 e. The van der Waals surface area contributed by atoms with Crippen molar-refractivity contribution >= 4 is 17.0 Å². The number of allylic oxidation sites excluding steroid dienone is 2. The zero-order valence-electron chi connectivity index (χ0n) is 8.04. The lowest BCUT2D eigenvalue weighted by Gasteiger charge is -2.06. The highest BCUT2D eigenvalue weighted by Gasteiger charge is 2.17. The molecule has 0 saturated heterocycles. The molecule has 0 bridgehead atoms. The Hall–Kier alpha value is -1.98. The molecule has 1 atom stereocenters. The van der Waals surface area contributed by atoms with Crippen LogP contribution in [0.25, 0.3) is 11.2 Å². The van der Waals surface area contributed by atoms with Crippen molar-refractivity contribution in [2.75, 3.05) is 5.73 Å². The molecular formula is C9H10N6. The number of nitrogens with two attached hydrogens (primary N) is 1. The van der Waals surface area contributed by atoms with Crippen molar-refractivity contribution in [2.24, 2.45) is 0 Å². The normalized spacial score (nSPS) is 20.1. The number of nitrogens with zero attached hydrogens (tertiary/aromatic N) is 5. The van der Waals surface area contributed by atoms with Crippen LogP contribution in [0.2, 0.25) is 0 Å². The van der Waals surface area contributed by atoms with Crippen LogP contribution in [-0.2, 0) is 0 Å². The van der Waals surface area contributed by atoms with Gasteiger partial charge in [-0.25, -0.2) is 14.6 Å². The second kappa shape index (κ2) is 3.01. The van der Waals surface area contributed by atoms with Crippen molar-refractivity contribution in [1.82, 2.24) is 25.0 Å². The van der Waals surface area contributed by atoms with Gasteiger partial charge in [-0.2, -0.15) is 0 Å². The maximum Gasteiger partial charge on any atom is 0.184 e. The first kappa shape index (κ1) is 8.34. The maximum absolute atomic E-state index is 5.68. The SMILES string of the molecule is Nc1ncnc2c1nnn2C1C=CCC1. The minimum absolute atomic E-state index is 0.254. The molecule has 6 nitrogen and oxygen atoms in total. The molecule has 76 valence electrons. The van der Waals surface area contributed by atoms with Crippen molar-refractivity contribution in [2.45, 2.75) is 18.9 Å². The highest BCUT2D eigenvalue weighted by Crippen LogP contribution is 2.25. The van der Waals surface area contributed by atoms with Crippen LogP contribution in [0.4, 0.5) is 5.82 Å². The predicted molar refractivity (Wildman–Crippen MR) is 54.9 cm³/mol. The zero-order chi connectivity index (χ0) is 10.3. The van der Waals surface area contributed by atoms with Gasteiger partial charge < -0.3 is 5.73 Å². The third kappa shape index (κ3) is 1.18. The average molecular weight is 202 g/mol. The summed E-state index contributed by atoms with van der Waals surface area (Å²) in [6.45, 7) is 0. The van der Waals surface area contributed by atoms with E-state index in [0.29, 0.717) is 17.0 Å². The number of hydrogen-bond donors (Lipinski definition) is 1. The summed E-state index contributed by atoms with van der Waals surface area (Å²) in [6.07, 6.45) is 7.82. The summed E-state index contributed by atoms with van der Waals surface area (Å²) < 4.78 is 1.80. The first-order valence-corrected chi connectivity index (χ1v) is 4.84. The lowest BCUT2D eigenvalue weighted by atomic mass is 10.3. The van der Waals surface area contributed by atoms with Gasteiger partial charge in [0, 0.05) is 0 Å². The van der Waals surface area contributed by atoms with Crippen LogP contribution in [0, 0.1) is 0 Å². The van der Waals surface area contributed by atoms with Gasteiger partial charge in [0.1, 0.15) is 6.33 Å². The molecule has 2 aromatic rings. The predicted octanol–water partition coefficient (Wildman–Crippen LogP) is 0.695. The Labute approximate surface area is 85.8 Å². The molecule has 3 rings (SSSR count). The van der Waals surface area contributed by atoms with E-state index in [4.69, 9.17) is 5.73 Å². The van der Waals surface area contributed by atoms with E-state index in [1.807, 2.05) is 0 Å². The second-order valence-corrected chi connectivity index (χ2v) is 3.54. The summed E-state index contributed by atoms with van der Waals surface area (Å²) in [7, 11) is 0. The van der Waals surface area contributed by atoms with Gasteiger partial charge in [-0.15, -0.1) is 5.10 Å². The van der Waals surface area contributed by atoms with Gasteiger partial charge in [-0.3, -0.25) is 0 Å². The van der Waals surface area contributed by atoms with E-state index in [9.17, 15) is 0 Å². The molecule has 1 unspecified atom stereocenters. The molecule has 2 aromatic heterocycles. The van der Waals surface area contributed by atoms with Crippen molar-refractivity contribution < 1.29 is 0 Å². The lowest BCUT2D eigenvalue weighted by Crippen LogP contribution is -2.06. The lowest BCUT2D eigenvalue weighted by molar-refractivity contribution is 0.524. The summed E-state index contributed by atoms with van der Waals surface area (Å²) in [5.74, 6) is 0.383. The van der Waals surface area contributed by atoms with Gasteiger partial charge in [0.25, 0.3) is 0 Å². The molecule has 1 aliphatic carbocycles. The Morgan fingerprint density at radius 3 is 3.13 bits per heavy atom. The minimum Gasteiger partial charge on any atom is -0.382 e. The molecule has 2 N–H and O–H groups in total. The maximum atomic E-state index is 5.68. The van der Waals surface area contributed by atoms with Crippen LogP contribution >= 0.6 is 0 Å². The highest BCUT2D eigenvalue weighted by atomic mass is 15.5. The number of fused-ring (bicyclic) bond motifs is 1. The van der Waals surface area contributed by atoms with E-state index in [1.165, 1.54) is 6.33 Å². The average Bonchev–Trinajstić information content (AvgIpc) is 2.85. The fourth-order valence-corrected chi connectivity index (χ4v) is 1.83. The van der Waals surface area contributed by atoms with E-state index < -0.39 is 0 Å². The molecule has 0 fully saturated rings. The standard InChI is InChI=1S/C9H10N6/c10-8-7-9(12-5-11-8)15(14-13-7)6-3-1-2-4-6/h1,3,5-6H,2,4H2,(H2,10,11,12). The molecule has 2 heterocycles. The molecular weight excluding hydrogens is 192 g/mol. The third-order valence-corrected chi connectivity index (χ3v) is 2.59. The first-order chi connectivity index (χ1) is 7.36. The molecule has 0 amide bonds. The van der Waals surface area contributed by atoms with Gasteiger partial charge >= 0.3 is 0 Å². The van der Waals surface area contributed by atoms with Gasteiger partial charge in [-0.1, -0.05) is 17.4 Å². The highest BCUT2D eigenvalue weighted by molar-refractivity contribution is 5.80. The fourth-order valence-electron chi connectivity index (χ4n) is 1.83. The van der Waals surface area contributed by atoms with Crippen LogP contribution < -0.4 is 5.73 Å². The fraction of sp³-hybridized carbons (Fsp3) is 0.333. The summed E-state index contributed by atoms with van der Waals surface area (Å²) >= 11 is 0. The number of aromatic nitrogens is 5. The van der Waals surface area contributed by atoms with E-state index >= 15 is 0 Å². The van der Waals surface area contributed by atoms with Gasteiger partial charge in [0.05, 0.1) is 6.04 Å². The zero-order valence-corrected chi connectivity index (χ0v) is 8.04. The van der Waals surface area contributed by atoms with Crippen molar-refractivity contribution in [3.8, 4) is 0 Å². The van der Waals surface area contributed by atoms with Crippen LogP contribution in [0.5, 0.6) is 0 Å². The van der Waals surface area contributed by atoms with Crippen LogP contribution in [0.15, 0.2) is 18.5 Å². The second-order valence-electron chi connectivity index (χ2n) is 3.54. The third-order valence-electron chi connectivity index (χ3n) is 2.59. The summed E-state index contributed by atoms with van der Waals surface area (Å²) in [4.78, 5) is 8.04. The number of hydrogen-bond acceptors (Lipinski definition) is 5. The van der Waals surface area contributed by atoms with Gasteiger partial charge in [-0.05, 0) is 12.8 Å². The Kier molecular flexibility index (Phi) is 1.67. The summed E-state index contributed by atoms with van der Waals surface area (Å²) in [5.41, 5.74) is 6.97. The molecule has 0 radical (unpaired) electrons. The number of rotatable bonds is 1. The number of anilines is 1. The molecule has 0 aliphatic heterocycles. The quantitative estimate of drug-likeness (QED) is 0.688. The summed E-state index contributed by atoms with van der Waals surface area (Å²) in [6, 6.07) is 0.254. The van der Waals surface area contributed by atoms with Crippen molar-refractivity contribution in [3.63, 3.8) is 0 Å². The van der Waals surface area contributed by atoms with E-state index in [-0.39, 0.29) is 6.04 Å². The van der Waals surface area contributed by atoms with Crippen LogP contribution in [-0.4, -0.2) is 25.0 Å². The topological polar surface area (TPSA) is 82.5 Å². The van der Waals surface area contributed by atoms with E-state index in [2.05, 4.69) is 32.4 Å². The van der Waals surface area contributed by atoms with E-state index in [0.717, 1.165) is 12.8 Å². The molecule has 1 aliphatic rings. The van der Waals surface area contributed by atoms with Crippen molar-refractivity contribution in [3.05, 3.63) is 18.5 Å². The number of nitrogen functional groups attached to an aromatic ring is 1.